The minimum Gasteiger partial charge on any atom is -0.478 e. The Morgan fingerprint density at radius 2 is 2.00 bits per heavy atom. The van der Waals surface area contributed by atoms with E-state index in [9.17, 15) is 14.0 Å². The largest absolute Gasteiger partial charge is 0.478 e. The first kappa shape index (κ1) is 14.1. The summed E-state index contributed by atoms with van der Waals surface area (Å²) in [6.07, 6.45) is 1.36. The van der Waals surface area contributed by atoms with E-state index in [-0.39, 0.29) is 5.69 Å². The Morgan fingerprint density at radius 3 is 2.55 bits per heavy atom. The van der Waals surface area contributed by atoms with Crippen LogP contribution in [0, 0.1) is 5.82 Å². The first-order chi connectivity index (χ1) is 9.47. The Kier molecular flexibility index (Phi) is 4.09. The summed E-state index contributed by atoms with van der Waals surface area (Å²) in [5, 5.41) is 11.2. The van der Waals surface area contributed by atoms with Crippen molar-refractivity contribution in [1.82, 2.24) is 4.98 Å². The van der Waals surface area contributed by atoms with Crippen LogP contribution < -0.4 is 5.32 Å². The molecular formula is C13H8BrFN2O3. The molecule has 5 nitrogen and oxygen atoms in total. The minimum absolute atomic E-state index is 0.167. The fraction of sp³-hybridized carbons (Fsp3) is 0. The topological polar surface area (TPSA) is 79.3 Å². The summed E-state index contributed by atoms with van der Waals surface area (Å²) in [5.41, 5.74) is 0.0182. The van der Waals surface area contributed by atoms with E-state index < -0.39 is 23.3 Å². The summed E-state index contributed by atoms with van der Waals surface area (Å²) in [4.78, 5) is 26.4. The molecule has 2 N–H and O–H groups in total. The summed E-state index contributed by atoms with van der Waals surface area (Å²) in [5.74, 6) is -2.74. The van der Waals surface area contributed by atoms with Crippen molar-refractivity contribution < 1.29 is 19.1 Å². The Hall–Kier alpha value is -2.28. The molecule has 1 aromatic carbocycles. The van der Waals surface area contributed by atoms with Crippen LogP contribution in [0.1, 0.15) is 20.7 Å². The van der Waals surface area contributed by atoms with Crippen LogP contribution in [-0.4, -0.2) is 22.0 Å². The summed E-state index contributed by atoms with van der Waals surface area (Å²) in [6.45, 7) is 0. The quantitative estimate of drug-likeness (QED) is 0.843. The van der Waals surface area contributed by atoms with Gasteiger partial charge in [-0.1, -0.05) is 0 Å². The molecule has 2 rings (SSSR count). The molecule has 7 heteroatoms. The van der Waals surface area contributed by atoms with E-state index in [0.717, 1.165) is 12.1 Å². The maximum Gasteiger partial charge on any atom is 0.338 e. The van der Waals surface area contributed by atoms with Gasteiger partial charge in [0.25, 0.3) is 5.91 Å². The fourth-order valence-electron chi connectivity index (χ4n) is 1.48. The van der Waals surface area contributed by atoms with E-state index in [4.69, 9.17) is 5.11 Å². The highest BCUT2D eigenvalue weighted by atomic mass is 79.9. The van der Waals surface area contributed by atoms with Gasteiger partial charge in [-0.25, -0.2) is 14.2 Å². The van der Waals surface area contributed by atoms with Crippen LogP contribution in [0.3, 0.4) is 0 Å². The molecule has 1 aromatic heterocycles. The Balaban J connectivity index is 2.18. The SMILES string of the molecule is O=C(Nc1ccc(C(=O)O)c(F)c1)c1ccc(Br)nc1. The maximum absolute atomic E-state index is 13.5. The number of hydrogen-bond acceptors (Lipinski definition) is 3. The molecule has 0 fully saturated rings. The number of carbonyl (C=O) groups is 2. The second kappa shape index (κ2) is 5.79. The Labute approximate surface area is 121 Å². The van der Waals surface area contributed by atoms with Crippen molar-refractivity contribution in [2.45, 2.75) is 0 Å². The zero-order chi connectivity index (χ0) is 14.7. The van der Waals surface area contributed by atoms with Crippen LogP contribution in [0.25, 0.3) is 0 Å². The second-order valence-electron chi connectivity index (χ2n) is 3.82. The highest BCUT2D eigenvalue weighted by molar-refractivity contribution is 9.10. The first-order valence-electron chi connectivity index (χ1n) is 5.43. The molecule has 0 aliphatic rings. The third-order valence-corrected chi connectivity index (χ3v) is 2.92. The number of nitrogens with one attached hydrogen (secondary N) is 1. The van der Waals surface area contributed by atoms with Gasteiger partial charge in [0, 0.05) is 11.9 Å². The van der Waals surface area contributed by atoms with Gasteiger partial charge in [0.2, 0.25) is 0 Å². The van der Waals surface area contributed by atoms with Gasteiger partial charge in [-0.15, -0.1) is 0 Å². The molecule has 0 atom stereocenters. The number of carboxylic acids is 1. The molecule has 20 heavy (non-hydrogen) atoms. The van der Waals surface area contributed by atoms with Crippen LogP contribution in [0.15, 0.2) is 41.1 Å². The summed E-state index contributed by atoms with van der Waals surface area (Å²) < 4.78 is 14.0. The first-order valence-corrected chi connectivity index (χ1v) is 6.22. The number of nitrogens with zero attached hydrogens (tertiary/aromatic N) is 1. The number of carboxylic acid groups (broad SMARTS) is 1. The number of anilines is 1. The van der Waals surface area contributed by atoms with Gasteiger partial charge < -0.3 is 10.4 Å². The van der Waals surface area contributed by atoms with Crippen molar-refractivity contribution in [3.05, 3.63) is 58.1 Å². The van der Waals surface area contributed by atoms with Crippen LogP contribution in [0.5, 0.6) is 0 Å². The number of rotatable bonds is 3. The standard InChI is InChI=1S/C13H8BrFN2O3/c14-11-4-1-7(6-16-11)12(18)17-8-2-3-9(13(19)20)10(15)5-8/h1-6H,(H,17,18)(H,19,20). The fourth-order valence-corrected chi connectivity index (χ4v) is 1.71. The number of hydrogen-bond donors (Lipinski definition) is 2. The number of carbonyl (C=O) groups excluding carboxylic acids is 1. The van der Waals surface area contributed by atoms with Crippen molar-refractivity contribution >= 4 is 33.5 Å². The van der Waals surface area contributed by atoms with Crippen LogP contribution in [0.2, 0.25) is 0 Å². The summed E-state index contributed by atoms with van der Waals surface area (Å²) in [7, 11) is 0. The molecule has 2 aromatic rings. The van der Waals surface area contributed by atoms with Gasteiger partial charge in [0.15, 0.2) is 0 Å². The Bertz CT molecular complexity index is 674. The zero-order valence-corrected chi connectivity index (χ0v) is 11.5. The van der Waals surface area contributed by atoms with Crippen molar-refractivity contribution in [1.29, 1.82) is 0 Å². The number of aromatic carboxylic acids is 1. The molecular weight excluding hydrogens is 331 g/mol. The number of benzene rings is 1. The molecule has 0 saturated heterocycles. The smallest absolute Gasteiger partial charge is 0.338 e. The van der Waals surface area contributed by atoms with Crippen molar-refractivity contribution in [3.63, 3.8) is 0 Å². The van der Waals surface area contributed by atoms with Crippen molar-refractivity contribution in [2.24, 2.45) is 0 Å². The highest BCUT2D eigenvalue weighted by Crippen LogP contribution is 2.16. The minimum atomic E-state index is -1.36. The molecule has 0 aliphatic carbocycles. The van der Waals surface area contributed by atoms with Crippen LogP contribution in [0.4, 0.5) is 10.1 Å². The summed E-state index contributed by atoms with van der Waals surface area (Å²) in [6, 6.07) is 6.51. The predicted molar refractivity (Wildman–Crippen MR) is 73.2 cm³/mol. The number of halogens is 2. The lowest BCUT2D eigenvalue weighted by Crippen LogP contribution is -2.12. The predicted octanol–water partition coefficient (Wildman–Crippen LogP) is 2.93. The molecule has 0 spiro atoms. The monoisotopic (exact) mass is 338 g/mol. The lowest BCUT2D eigenvalue weighted by molar-refractivity contribution is 0.0692. The number of aromatic nitrogens is 1. The van der Waals surface area contributed by atoms with E-state index in [0.29, 0.717) is 10.2 Å². The molecule has 0 unspecified atom stereocenters. The van der Waals surface area contributed by atoms with Gasteiger partial charge in [0.05, 0.1) is 11.1 Å². The van der Waals surface area contributed by atoms with Crippen molar-refractivity contribution in [2.75, 3.05) is 5.32 Å². The average molecular weight is 339 g/mol. The molecule has 0 aliphatic heterocycles. The highest BCUT2D eigenvalue weighted by Gasteiger charge is 2.12. The van der Waals surface area contributed by atoms with Gasteiger partial charge in [-0.2, -0.15) is 0 Å². The maximum atomic E-state index is 13.5. The molecule has 1 heterocycles. The number of amides is 1. The van der Waals surface area contributed by atoms with Crippen molar-refractivity contribution in [3.8, 4) is 0 Å². The molecule has 1 amide bonds. The Morgan fingerprint density at radius 1 is 1.25 bits per heavy atom. The lowest BCUT2D eigenvalue weighted by atomic mass is 10.2. The van der Waals surface area contributed by atoms with Gasteiger partial charge in [-0.05, 0) is 46.3 Å². The van der Waals surface area contributed by atoms with Crippen LogP contribution >= 0.6 is 15.9 Å². The van der Waals surface area contributed by atoms with Gasteiger partial charge >= 0.3 is 5.97 Å². The normalized spacial score (nSPS) is 10.1. The van der Waals surface area contributed by atoms with Gasteiger partial charge in [0.1, 0.15) is 10.4 Å². The zero-order valence-electron chi connectivity index (χ0n) is 9.93. The number of pyridine rings is 1. The molecule has 0 bridgehead atoms. The molecule has 0 saturated carbocycles. The molecule has 102 valence electrons. The average Bonchev–Trinajstić information content (AvgIpc) is 2.39. The third kappa shape index (κ3) is 3.18. The van der Waals surface area contributed by atoms with Crippen LogP contribution in [-0.2, 0) is 0 Å². The lowest BCUT2D eigenvalue weighted by Gasteiger charge is -2.06. The third-order valence-electron chi connectivity index (χ3n) is 2.45. The second-order valence-corrected chi connectivity index (χ2v) is 4.64. The summed E-state index contributed by atoms with van der Waals surface area (Å²) >= 11 is 3.14. The van der Waals surface area contributed by atoms with E-state index >= 15 is 0 Å². The van der Waals surface area contributed by atoms with Gasteiger partial charge in [-0.3, -0.25) is 4.79 Å². The van der Waals surface area contributed by atoms with E-state index in [1.807, 2.05) is 0 Å². The molecule has 0 radical (unpaired) electrons. The van der Waals surface area contributed by atoms with E-state index in [1.165, 1.54) is 12.3 Å². The van der Waals surface area contributed by atoms with E-state index in [1.54, 1.807) is 12.1 Å². The van der Waals surface area contributed by atoms with E-state index in [2.05, 4.69) is 26.2 Å².